The Morgan fingerprint density at radius 2 is 2.12 bits per heavy atom. The average molecular weight is 242 g/mol. The fourth-order valence-electron chi connectivity index (χ4n) is 0.960. The van der Waals surface area contributed by atoms with Crippen LogP contribution in [0.2, 0.25) is 0 Å². The van der Waals surface area contributed by atoms with E-state index in [9.17, 15) is 9.59 Å². The van der Waals surface area contributed by atoms with Crippen LogP contribution in [0.5, 0.6) is 0 Å². The Hall–Kier alpha value is -2.05. The SMILES string of the molecule is Cc1ncc(C(=O)OCOC(=O)OC(C)C)[nH]1. The van der Waals surface area contributed by atoms with Crippen LogP contribution in [-0.4, -0.2) is 35.0 Å². The summed E-state index contributed by atoms with van der Waals surface area (Å²) in [6, 6.07) is 0. The molecule has 1 heterocycles. The summed E-state index contributed by atoms with van der Waals surface area (Å²) >= 11 is 0. The Morgan fingerprint density at radius 1 is 1.41 bits per heavy atom. The summed E-state index contributed by atoms with van der Waals surface area (Å²) in [4.78, 5) is 28.8. The number of esters is 1. The molecule has 0 amide bonds. The lowest BCUT2D eigenvalue weighted by Gasteiger charge is -2.08. The number of hydrogen-bond acceptors (Lipinski definition) is 6. The molecular weight excluding hydrogens is 228 g/mol. The molecule has 17 heavy (non-hydrogen) atoms. The third-order valence-electron chi connectivity index (χ3n) is 1.62. The minimum absolute atomic E-state index is 0.198. The number of nitrogens with one attached hydrogen (secondary N) is 1. The van der Waals surface area contributed by atoms with Gasteiger partial charge in [0.2, 0.25) is 6.79 Å². The molecule has 0 unspecified atom stereocenters. The highest BCUT2D eigenvalue weighted by Crippen LogP contribution is 1.99. The average Bonchev–Trinajstić information content (AvgIpc) is 2.63. The molecule has 0 aliphatic heterocycles. The van der Waals surface area contributed by atoms with E-state index in [0.29, 0.717) is 5.82 Å². The van der Waals surface area contributed by atoms with Crippen LogP contribution in [0.15, 0.2) is 6.20 Å². The normalized spacial score (nSPS) is 10.1. The molecule has 1 N–H and O–H groups in total. The molecule has 0 aromatic carbocycles. The number of hydrogen-bond donors (Lipinski definition) is 1. The zero-order valence-corrected chi connectivity index (χ0v) is 9.85. The van der Waals surface area contributed by atoms with Crippen molar-refractivity contribution in [3.05, 3.63) is 17.7 Å². The van der Waals surface area contributed by atoms with Crippen molar-refractivity contribution in [1.29, 1.82) is 0 Å². The molecule has 0 fully saturated rings. The van der Waals surface area contributed by atoms with Crippen molar-refractivity contribution in [2.45, 2.75) is 26.9 Å². The largest absolute Gasteiger partial charge is 0.511 e. The molecule has 0 aliphatic carbocycles. The van der Waals surface area contributed by atoms with Gasteiger partial charge >= 0.3 is 12.1 Å². The third kappa shape index (κ3) is 4.54. The smallest absolute Gasteiger partial charge is 0.431 e. The first-order valence-corrected chi connectivity index (χ1v) is 5.01. The van der Waals surface area contributed by atoms with E-state index in [1.807, 2.05) is 0 Å². The van der Waals surface area contributed by atoms with Gasteiger partial charge in [-0.15, -0.1) is 0 Å². The first-order chi connectivity index (χ1) is 7.99. The van der Waals surface area contributed by atoms with Crippen molar-refractivity contribution in [2.24, 2.45) is 0 Å². The first kappa shape index (κ1) is 13.0. The lowest BCUT2D eigenvalue weighted by molar-refractivity contribution is -0.0347. The monoisotopic (exact) mass is 242 g/mol. The molecule has 7 heteroatoms. The minimum atomic E-state index is -0.881. The third-order valence-corrected chi connectivity index (χ3v) is 1.62. The van der Waals surface area contributed by atoms with Gasteiger partial charge < -0.3 is 19.2 Å². The van der Waals surface area contributed by atoms with Crippen LogP contribution in [0.25, 0.3) is 0 Å². The number of nitrogens with zero attached hydrogens (tertiary/aromatic N) is 1. The lowest BCUT2D eigenvalue weighted by Crippen LogP contribution is -2.17. The van der Waals surface area contributed by atoms with Gasteiger partial charge in [-0.2, -0.15) is 0 Å². The molecule has 0 aliphatic rings. The molecule has 94 valence electrons. The molecule has 0 saturated carbocycles. The summed E-state index contributed by atoms with van der Waals surface area (Å²) in [7, 11) is 0. The Balaban J connectivity index is 2.27. The summed E-state index contributed by atoms with van der Waals surface area (Å²) in [5, 5.41) is 0. The van der Waals surface area contributed by atoms with Gasteiger partial charge in [0.1, 0.15) is 11.5 Å². The maximum absolute atomic E-state index is 11.3. The highest BCUT2D eigenvalue weighted by Gasteiger charge is 2.12. The minimum Gasteiger partial charge on any atom is -0.431 e. The zero-order chi connectivity index (χ0) is 12.8. The topological polar surface area (TPSA) is 90.5 Å². The fraction of sp³-hybridized carbons (Fsp3) is 0.500. The summed E-state index contributed by atoms with van der Waals surface area (Å²) in [5.74, 6) is -0.0555. The molecule has 0 radical (unpaired) electrons. The van der Waals surface area contributed by atoms with Gasteiger partial charge in [-0.05, 0) is 20.8 Å². The number of ether oxygens (including phenoxy) is 3. The van der Waals surface area contributed by atoms with Gasteiger partial charge in [-0.3, -0.25) is 0 Å². The second-order valence-corrected chi connectivity index (χ2v) is 3.49. The number of carbonyl (C=O) groups excluding carboxylic acids is 2. The summed E-state index contributed by atoms with van der Waals surface area (Å²) in [6.45, 7) is 4.57. The van der Waals surface area contributed by atoms with Crippen LogP contribution in [0.3, 0.4) is 0 Å². The molecule has 7 nitrogen and oxygen atoms in total. The van der Waals surface area contributed by atoms with E-state index in [-0.39, 0.29) is 11.8 Å². The van der Waals surface area contributed by atoms with Gasteiger partial charge in [0.25, 0.3) is 0 Å². The fourth-order valence-corrected chi connectivity index (χ4v) is 0.960. The van der Waals surface area contributed by atoms with Crippen molar-refractivity contribution in [3.8, 4) is 0 Å². The molecule has 1 aromatic rings. The standard InChI is InChI=1S/C10H14N2O5/c1-6(2)17-10(14)16-5-15-9(13)8-4-11-7(3)12-8/h4,6H,5H2,1-3H3,(H,11,12). The first-order valence-electron chi connectivity index (χ1n) is 5.01. The van der Waals surface area contributed by atoms with Crippen LogP contribution < -0.4 is 0 Å². The summed E-state index contributed by atoms with van der Waals surface area (Å²) in [5.41, 5.74) is 0.198. The number of imidazole rings is 1. The molecule has 0 spiro atoms. The van der Waals surface area contributed by atoms with Crippen LogP contribution in [-0.2, 0) is 14.2 Å². The molecule has 0 saturated heterocycles. The number of carbonyl (C=O) groups is 2. The van der Waals surface area contributed by atoms with Crippen molar-refractivity contribution in [2.75, 3.05) is 6.79 Å². The van der Waals surface area contributed by atoms with Crippen molar-refractivity contribution in [3.63, 3.8) is 0 Å². The maximum Gasteiger partial charge on any atom is 0.511 e. The lowest BCUT2D eigenvalue weighted by atomic mass is 10.5. The summed E-state index contributed by atoms with van der Waals surface area (Å²) in [6.07, 6.45) is 0.173. The van der Waals surface area contributed by atoms with E-state index in [2.05, 4.69) is 24.2 Å². The summed E-state index contributed by atoms with van der Waals surface area (Å²) < 4.78 is 13.8. The molecule has 1 rings (SSSR count). The number of aromatic amines is 1. The predicted molar refractivity (Wildman–Crippen MR) is 56.3 cm³/mol. The van der Waals surface area contributed by atoms with Crippen LogP contribution in [0.1, 0.15) is 30.2 Å². The van der Waals surface area contributed by atoms with E-state index in [0.717, 1.165) is 0 Å². The zero-order valence-electron chi connectivity index (χ0n) is 9.85. The van der Waals surface area contributed by atoms with Crippen molar-refractivity contribution in [1.82, 2.24) is 9.97 Å². The number of aromatic nitrogens is 2. The second kappa shape index (κ2) is 5.88. The Bertz CT molecular complexity index is 399. The maximum atomic E-state index is 11.3. The van der Waals surface area contributed by atoms with Crippen molar-refractivity contribution >= 4 is 12.1 Å². The highest BCUT2D eigenvalue weighted by atomic mass is 16.8. The Labute approximate surface area is 98.1 Å². The van der Waals surface area contributed by atoms with E-state index in [1.54, 1.807) is 20.8 Å². The van der Waals surface area contributed by atoms with E-state index < -0.39 is 18.9 Å². The van der Waals surface area contributed by atoms with E-state index in [1.165, 1.54) is 6.20 Å². The van der Waals surface area contributed by atoms with Crippen LogP contribution in [0.4, 0.5) is 4.79 Å². The van der Waals surface area contributed by atoms with Crippen molar-refractivity contribution < 1.29 is 23.8 Å². The van der Waals surface area contributed by atoms with Crippen LogP contribution >= 0.6 is 0 Å². The molecular formula is C10H14N2O5. The van der Waals surface area contributed by atoms with Crippen LogP contribution in [0, 0.1) is 6.92 Å². The highest BCUT2D eigenvalue weighted by molar-refractivity contribution is 5.86. The van der Waals surface area contributed by atoms with Gasteiger partial charge in [-0.1, -0.05) is 0 Å². The van der Waals surface area contributed by atoms with E-state index in [4.69, 9.17) is 0 Å². The quantitative estimate of drug-likeness (QED) is 0.633. The van der Waals surface area contributed by atoms with Gasteiger partial charge in [0.05, 0.1) is 12.3 Å². The van der Waals surface area contributed by atoms with Gasteiger partial charge in [0, 0.05) is 0 Å². The Morgan fingerprint density at radius 3 is 2.65 bits per heavy atom. The second-order valence-electron chi connectivity index (χ2n) is 3.49. The number of aryl methyl sites for hydroxylation is 1. The Kier molecular flexibility index (Phi) is 4.50. The van der Waals surface area contributed by atoms with E-state index >= 15 is 0 Å². The number of rotatable bonds is 4. The predicted octanol–water partition coefficient (Wildman–Crippen LogP) is 1.39. The van der Waals surface area contributed by atoms with Gasteiger partial charge in [-0.25, -0.2) is 14.6 Å². The molecule has 0 atom stereocenters. The number of H-pyrrole nitrogens is 1. The molecule has 1 aromatic heterocycles. The van der Waals surface area contributed by atoms with Gasteiger partial charge in [0.15, 0.2) is 0 Å². The molecule has 0 bridgehead atoms.